The predicted octanol–water partition coefficient (Wildman–Crippen LogP) is -2.71. The first-order chi connectivity index (χ1) is 7.95. The minimum atomic E-state index is -4.70. The molecule has 88 valence electrons. The summed E-state index contributed by atoms with van der Waals surface area (Å²) in [5.41, 5.74) is 8.72. The Balaban J connectivity index is 0.00000162. The number of aliphatic hydroxyl groups is 1. The molecule has 0 bridgehead atoms. The van der Waals surface area contributed by atoms with Crippen LogP contribution in [0.25, 0.3) is 10.4 Å². The molecule has 1 unspecified atom stereocenters. The molecule has 8 heteroatoms. The predicted molar refractivity (Wildman–Crippen MR) is 57.7 cm³/mol. The first kappa shape index (κ1) is 15.3. The Morgan fingerprint density at radius 3 is 2.50 bits per heavy atom. The number of hydrogen-bond donors (Lipinski definition) is 1. The van der Waals surface area contributed by atoms with Crippen LogP contribution in [0.1, 0.15) is 17.2 Å². The van der Waals surface area contributed by atoms with Gasteiger partial charge in [-0.1, -0.05) is 24.3 Å². The van der Waals surface area contributed by atoms with Gasteiger partial charge in [0.05, 0.1) is 4.91 Å². The SMILES string of the molecule is [N-]=[N+]=C1C=C(S(=O)(=O)[O-])c2ccccc2C1O.[Na+]. The van der Waals surface area contributed by atoms with Crippen LogP contribution in [0.15, 0.2) is 30.3 Å². The van der Waals surface area contributed by atoms with E-state index in [-0.39, 0.29) is 46.4 Å². The van der Waals surface area contributed by atoms with Gasteiger partial charge in [-0.3, -0.25) is 0 Å². The third kappa shape index (κ3) is 2.62. The number of benzene rings is 1. The zero-order valence-electron chi connectivity index (χ0n) is 9.44. The maximum Gasteiger partial charge on any atom is 1.00 e. The fourth-order valence-electron chi connectivity index (χ4n) is 1.70. The number of hydrogen-bond acceptors (Lipinski definition) is 4. The van der Waals surface area contributed by atoms with Crippen LogP contribution in [-0.4, -0.2) is 28.6 Å². The van der Waals surface area contributed by atoms with E-state index in [1.807, 2.05) is 0 Å². The van der Waals surface area contributed by atoms with E-state index in [0.29, 0.717) is 0 Å². The zero-order chi connectivity index (χ0) is 12.6. The van der Waals surface area contributed by atoms with Gasteiger partial charge < -0.3 is 15.2 Å². The van der Waals surface area contributed by atoms with Crippen molar-refractivity contribution in [3.05, 3.63) is 47.0 Å². The van der Waals surface area contributed by atoms with Crippen molar-refractivity contribution in [2.75, 3.05) is 0 Å². The molecule has 0 aromatic heterocycles. The minimum Gasteiger partial charge on any atom is -0.744 e. The molecule has 0 spiro atoms. The second-order valence-electron chi connectivity index (χ2n) is 3.48. The fourth-order valence-corrected chi connectivity index (χ4v) is 2.42. The van der Waals surface area contributed by atoms with Gasteiger partial charge in [0.2, 0.25) is 0 Å². The molecule has 1 aliphatic rings. The maximum atomic E-state index is 11.1. The van der Waals surface area contributed by atoms with Gasteiger partial charge in [-0.2, -0.15) is 4.79 Å². The molecule has 18 heavy (non-hydrogen) atoms. The largest absolute Gasteiger partial charge is 1.00 e. The zero-order valence-corrected chi connectivity index (χ0v) is 12.3. The van der Waals surface area contributed by atoms with Crippen molar-refractivity contribution in [1.82, 2.24) is 0 Å². The summed E-state index contributed by atoms with van der Waals surface area (Å²) in [6.07, 6.45) is -0.378. The van der Waals surface area contributed by atoms with Crippen LogP contribution >= 0.6 is 0 Å². The summed E-state index contributed by atoms with van der Waals surface area (Å²) in [6.45, 7) is 0. The van der Waals surface area contributed by atoms with Crippen molar-refractivity contribution < 1.29 is 52.4 Å². The van der Waals surface area contributed by atoms with Crippen molar-refractivity contribution in [3.63, 3.8) is 0 Å². The van der Waals surface area contributed by atoms with Gasteiger partial charge in [-0.05, 0) is 5.56 Å². The van der Waals surface area contributed by atoms with Gasteiger partial charge in [-0.15, -0.1) is 0 Å². The molecule has 1 atom stereocenters. The molecule has 1 aromatic rings. The van der Waals surface area contributed by atoms with E-state index in [0.717, 1.165) is 6.08 Å². The van der Waals surface area contributed by atoms with Gasteiger partial charge in [0.1, 0.15) is 10.1 Å². The number of aliphatic hydroxyl groups excluding tert-OH is 1. The van der Waals surface area contributed by atoms with Crippen LogP contribution in [0, 0.1) is 0 Å². The van der Waals surface area contributed by atoms with Crippen LogP contribution in [0.2, 0.25) is 0 Å². The van der Waals surface area contributed by atoms with E-state index >= 15 is 0 Å². The van der Waals surface area contributed by atoms with Gasteiger partial charge in [0.25, 0.3) is 0 Å². The second kappa shape index (κ2) is 5.46. The van der Waals surface area contributed by atoms with Crippen LogP contribution < -0.4 is 29.6 Å². The molecule has 0 heterocycles. The van der Waals surface area contributed by atoms with Crippen LogP contribution in [0.5, 0.6) is 0 Å². The Labute approximate surface area is 126 Å². The molecule has 0 aliphatic heterocycles. The molecule has 0 saturated heterocycles. The van der Waals surface area contributed by atoms with Crippen LogP contribution in [-0.2, 0) is 10.1 Å². The van der Waals surface area contributed by atoms with Gasteiger partial charge in [0, 0.05) is 11.6 Å². The summed E-state index contributed by atoms with van der Waals surface area (Å²) in [5, 5.41) is 9.77. The van der Waals surface area contributed by atoms with E-state index in [4.69, 9.17) is 5.53 Å². The molecular weight excluding hydrogens is 267 g/mol. The maximum absolute atomic E-state index is 11.1. The number of nitrogens with zero attached hydrogens (tertiary/aromatic N) is 2. The molecule has 6 nitrogen and oxygen atoms in total. The van der Waals surface area contributed by atoms with E-state index in [9.17, 15) is 18.1 Å². The molecule has 0 saturated carbocycles. The molecular formula is C10H7N2NaO4S. The van der Waals surface area contributed by atoms with Crippen molar-refractivity contribution in [1.29, 1.82) is 0 Å². The molecule has 0 fully saturated rings. The van der Waals surface area contributed by atoms with Crippen LogP contribution in [0.3, 0.4) is 0 Å². The second-order valence-corrected chi connectivity index (χ2v) is 4.83. The summed E-state index contributed by atoms with van der Waals surface area (Å²) >= 11 is 0. The summed E-state index contributed by atoms with van der Waals surface area (Å²) in [7, 11) is -4.70. The number of rotatable bonds is 1. The molecule has 0 radical (unpaired) electrons. The van der Waals surface area contributed by atoms with E-state index in [1.54, 1.807) is 12.1 Å². The standard InChI is InChI=1S/C10H8N2O4S.Na/c11-12-8-5-9(17(14,15)16)6-3-1-2-4-7(6)10(8)13;/h1-5,10,13H,(H,14,15,16);/q;+1/p-1. The van der Waals surface area contributed by atoms with E-state index in [2.05, 4.69) is 4.79 Å². The first-order valence-corrected chi connectivity index (χ1v) is 6.03. The normalized spacial score (nSPS) is 18.2. The third-order valence-electron chi connectivity index (χ3n) is 2.46. The molecule has 2 rings (SSSR count). The monoisotopic (exact) mass is 274 g/mol. The number of fused-ring (bicyclic) bond motifs is 1. The van der Waals surface area contributed by atoms with Gasteiger partial charge >= 0.3 is 35.3 Å². The topological polar surface area (TPSA) is 114 Å². The van der Waals surface area contributed by atoms with E-state index < -0.39 is 21.1 Å². The Morgan fingerprint density at radius 2 is 1.94 bits per heavy atom. The Bertz CT molecular complexity index is 662. The van der Waals surface area contributed by atoms with Gasteiger partial charge in [0.15, 0.2) is 6.10 Å². The third-order valence-corrected chi connectivity index (χ3v) is 3.34. The molecule has 1 aromatic carbocycles. The molecule has 0 amide bonds. The quantitative estimate of drug-likeness (QED) is 0.259. The smallest absolute Gasteiger partial charge is 0.744 e. The fraction of sp³-hybridized carbons (Fsp3) is 0.100. The van der Waals surface area contributed by atoms with E-state index in [1.165, 1.54) is 12.1 Å². The average molecular weight is 274 g/mol. The van der Waals surface area contributed by atoms with Crippen molar-refractivity contribution in [3.8, 4) is 0 Å². The van der Waals surface area contributed by atoms with Gasteiger partial charge in [-0.25, -0.2) is 8.42 Å². The minimum absolute atomic E-state index is 0. The first-order valence-electron chi connectivity index (χ1n) is 4.62. The van der Waals surface area contributed by atoms with Crippen LogP contribution in [0.4, 0.5) is 0 Å². The summed E-state index contributed by atoms with van der Waals surface area (Å²) < 4.78 is 33.2. The average Bonchev–Trinajstić information content (AvgIpc) is 2.28. The van der Waals surface area contributed by atoms with Crippen molar-refractivity contribution >= 4 is 20.7 Å². The van der Waals surface area contributed by atoms with Crippen molar-refractivity contribution in [2.24, 2.45) is 0 Å². The Kier molecular flexibility index (Phi) is 4.63. The Morgan fingerprint density at radius 1 is 1.33 bits per heavy atom. The summed E-state index contributed by atoms with van der Waals surface area (Å²) in [6, 6.07) is 6.00. The summed E-state index contributed by atoms with van der Waals surface area (Å²) in [4.78, 5) is 2.27. The van der Waals surface area contributed by atoms with Crippen molar-refractivity contribution in [2.45, 2.75) is 6.10 Å². The molecule has 1 aliphatic carbocycles. The Hall–Kier alpha value is -0.790. The summed E-state index contributed by atoms with van der Waals surface area (Å²) in [5.74, 6) is 0. The molecule has 1 N–H and O–H groups in total.